The van der Waals surface area contributed by atoms with E-state index in [4.69, 9.17) is 12.2 Å². The SMILES string of the molecule is O=c1[nH]c(Nc2ccccc2)nc(=S)[nH]1. The highest BCUT2D eigenvalue weighted by Crippen LogP contribution is 2.09. The van der Waals surface area contributed by atoms with Gasteiger partial charge in [0.05, 0.1) is 0 Å². The van der Waals surface area contributed by atoms with Gasteiger partial charge in [0.15, 0.2) is 0 Å². The quantitative estimate of drug-likeness (QED) is 0.672. The average molecular weight is 220 g/mol. The van der Waals surface area contributed by atoms with Gasteiger partial charge in [0, 0.05) is 5.69 Å². The number of nitrogens with one attached hydrogen (secondary N) is 3. The lowest BCUT2D eigenvalue weighted by Crippen LogP contribution is -2.14. The van der Waals surface area contributed by atoms with E-state index in [1.165, 1.54) is 0 Å². The van der Waals surface area contributed by atoms with Crippen molar-refractivity contribution in [2.75, 3.05) is 5.32 Å². The van der Waals surface area contributed by atoms with Crippen LogP contribution in [0.5, 0.6) is 0 Å². The zero-order valence-electron chi connectivity index (χ0n) is 7.65. The highest BCUT2D eigenvalue weighted by Gasteiger charge is 1.96. The molecule has 1 aromatic carbocycles. The summed E-state index contributed by atoms with van der Waals surface area (Å²) in [5.74, 6) is 0.329. The van der Waals surface area contributed by atoms with Gasteiger partial charge in [0.1, 0.15) is 0 Å². The van der Waals surface area contributed by atoms with Crippen molar-refractivity contribution in [1.29, 1.82) is 0 Å². The van der Waals surface area contributed by atoms with Crippen LogP contribution < -0.4 is 11.0 Å². The van der Waals surface area contributed by atoms with Gasteiger partial charge < -0.3 is 5.32 Å². The molecule has 0 radical (unpaired) electrons. The van der Waals surface area contributed by atoms with Gasteiger partial charge in [-0.3, -0.25) is 9.97 Å². The molecule has 0 bridgehead atoms. The van der Waals surface area contributed by atoms with Crippen molar-refractivity contribution < 1.29 is 0 Å². The molecule has 1 aromatic heterocycles. The molecule has 0 saturated carbocycles. The van der Waals surface area contributed by atoms with E-state index in [0.717, 1.165) is 5.69 Å². The highest BCUT2D eigenvalue weighted by atomic mass is 32.1. The molecule has 0 saturated heterocycles. The Bertz CT molecular complexity index is 532. The Hall–Kier alpha value is -1.95. The average Bonchev–Trinajstić information content (AvgIpc) is 2.17. The van der Waals surface area contributed by atoms with Crippen LogP contribution in [0.3, 0.4) is 0 Å². The molecule has 6 heteroatoms. The third kappa shape index (κ3) is 2.50. The Balaban J connectivity index is 2.33. The summed E-state index contributed by atoms with van der Waals surface area (Å²) < 4.78 is 0.150. The monoisotopic (exact) mass is 220 g/mol. The fraction of sp³-hybridized carbons (Fsp3) is 0. The number of benzene rings is 1. The van der Waals surface area contributed by atoms with Gasteiger partial charge in [-0.25, -0.2) is 4.79 Å². The van der Waals surface area contributed by atoms with Crippen LogP contribution in [0.2, 0.25) is 0 Å². The van der Waals surface area contributed by atoms with Crippen LogP contribution in [-0.4, -0.2) is 15.0 Å². The molecular weight excluding hydrogens is 212 g/mol. The van der Waals surface area contributed by atoms with Crippen molar-refractivity contribution in [2.24, 2.45) is 0 Å². The molecule has 0 spiro atoms. The van der Waals surface area contributed by atoms with Crippen LogP contribution >= 0.6 is 12.2 Å². The van der Waals surface area contributed by atoms with E-state index in [2.05, 4.69) is 20.3 Å². The lowest BCUT2D eigenvalue weighted by Gasteiger charge is -2.03. The summed E-state index contributed by atoms with van der Waals surface area (Å²) in [7, 11) is 0. The van der Waals surface area contributed by atoms with Crippen molar-refractivity contribution in [3.63, 3.8) is 0 Å². The lowest BCUT2D eigenvalue weighted by molar-refractivity contribution is 0.975. The van der Waals surface area contributed by atoms with Crippen LogP contribution in [0.4, 0.5) is 11.6 Å². The molecule has 0 fully saturated rings. The number of nitrogens with zero attached hydrogens (tertiary/aromatic N) is 1. The topological polar surface area (TPSA) is 73.6 Å². The second-order valence-corrected chi connectivity index (χ2v) is 3.22. The Kier molecular flexibility index (Phi) is 2.59. The molecule has 5 nitrogen and oxygen atoms in total. The lowest BCUT2D eigenvalue weighted by atomic mass is 10.3. The van der Waals surface area contributed by atoms with Crippen LogP contribution in [0.25, 0.3) is 0 Å². The number of rotatable bonds is 2. The van der Waals surface area contributed by atoms with Crippen LogP contribution in [-0.2, 0) is 0 Å². The second-order valence-electron chi connectivity index (χ2n) is 2.84. The normalized spacial score (nSPS) is 9.87. The Labute approximate surface area is 90.2 Å². The Morgan fingerprint density at radius 1 is 1.20 bits per heavy atom. The minimum atomic E-state index is -0.381. The van der Waals surface area contributed by atoms with Crippen molar-refractivity contribution in [3.05, 3.63) is 45.6 Å². The molecule has 0 amide bonds. The summed E-state index contributed by atoms with van der Waals surface area (Å²) in [4.78, 5) is 19.8. The molecule has 2 aromatic rings. The molecule has 0 aliphatic heterocycles. The third-order valence-electron chi connectivity index (χ3n) is 1.70. The summed E-state index contributed by atoms with van der Waals surface area (Å²) in [6.07, 6.45) is 0. The molecule has 0 atom stereocenters. The zero-order valence-corrected chi connectivity index (χ0v) is 8.47. The van der Waals surface area contributed by atoms with E-state index in [9.17, 15) is 4.79 Å². The molecule has 76 valence electrons. The number of aromatic nitrogens is 3. The van der Waals surface area contributed by atoms with Gasteiger partial charge in [-0.2, -0.15) is 4.98 Å². The van der Waals surface area contributed by atoms with Gasteiger partial charge in [0.25, 0.3) is 0 Å². The van der Waals surface area contributed by atoms with E-state index >= 15 is 0 Å². The maximum absolute atomic E-state index is 11.0. The molecule has 0 aliphatic carbocycles. The summed E-state index contributed by atoms with van der Waals surface area (Å²) in [6, 6.07) is 9.38. The summed E-state index contributed by atoms with van der Waals surface area (Å²) in [6.45, 7) is 0. The highest BCUT2D eigenvalue weighted by molar-refractivity contribution is 7.71. The second kappa shape index (κ2) is 4.05. The van der Waals surface area contributed by atoms with Crippen molar-refractivity contribution in [1.82, 2.24) is 15.0 Å². The minimum Gasteiger partial charge on any atom is -0.326 e. The van der Waals surface area contributed by atoms with E-state index in [1.807, 2.05) is 30.3 Å². The first-order valence-electron chi connectivity index (χ1n) is 4.27. The number of hydrogen-bond donors (Lipinski definition) is 3. The molecule has 2 rings (SSSR count). The van der Waals surface area contributed by atoms with E-state index in [0.29, 0.717) is 5.95 Å². The molecule has 3 N–H and O–H groups in total. The van der Waals surface area contributed by atoms with E-state index < -0.39 is 0 Å². The van der Waals surface area contributed by atoms with Crippen LogP contribution in [0.15, 0.2) is 35.1 Å². The Morgan fingerprint density at radius 2 is 1.93 bits per heavy atom. The van der Waals surface area contributed by atoms with Gasteiger partial charge in [-0.1, -0.05) is 18.2 Å². The first-order chi connectivity index (χ1) is 7.24. The number of aromatic amines is 2. The largest absolute Gasteiger partial charge is 0.327 e. The first kappa shape index (κ1) is 9.60. The Morgan fingerprint density at radius 3 is 2.60 bits per heavy atom. The smallest absolute Gasteiger partial charge is 0.326 e. The number of hydrogen-bond acceptors (Lipinski definition) is 4. The fourth-order valence-electron chi connectivity index (χ4n) is 1.11. The molecule has 0 aliphatic rings. The predicted octanol–water partition coefficient (Wildman–Crippen LogP) is 1.57. The molecular formula is C9H8N4OS. The van der Waals surface area contributed by atoms with Gasteiger partial charge >= 0.3 is 5.69 Å². The molecule has 15 heavy (non-hydrogen) atoms. The van der Waals surface area contributed by atoms with Crippen molar-refractivity contribution in [3.8, 4) is 0 Å². The zero-order chi connectivity index (χ0) is 10.7. The maximum Gasteiger partial charge on any atom is 0.327 e. The summed E-state index contributed by atoms with van der Waals surface area (Å²) in [5, 5.41) is 2.93. The van der Waals surface area contributed by atoms with E-state index in [1.54, 1.807) is 0 Å². The maximum atomic E-state index is 11.0. The summed E-state index contributed by atoms with van der Waals surface area (Å²) in [5.41, 5.74) is 0.453. The summed E-state index contributed by atoms with van der Waals surface area (Å²) >= 11 is 4.78. The predicted molar refractivity (Wildman–Crippen MR) is 59.8 cm³/mol. The minimum absolute atomic E-state index is 0.150. The number of para-hydroxylation sites is 1. The molecule has 0 unspecified atom stereocenters. The number of anilines is 2. The third-order valence-corrected chi connectivity index (χ3v) is 1.90. The number of H-pyrrole nitrogens is 2. The van der Waals surface area contributed by atoms with Gasteiger partial charge in [0.2, 0.25) is 10.7 Å². The van der Waals surface area contributed by atoms with Crippen LogP contribution in [0.1, 0.15) is 0 Å². The van der Waals surface area contributed by atoms with E-state index in [-0.39, 0.29) is 10.5 Å². The molecule has 1 heterocycles. The van der Waals surface area contributed by atoms with Crippen molar-refractivity contribution >= 4 is 23.9 Å². The van der Waals surface area contributed by atoms with Crippen LogP contribution in [0, 0.1) is 4.77 Å². The fourth-order valence-corrected chi connectivity index (χ4v) is 1.29. The first-order valence-corrected chi connectivity index (χ1v) is 4.67. The standard InChI is InChI=1S/C9H8N4OS/c14-8-11-7(12-9(15)13-8)10-6-4-2-1-3-5-6/h1-5H,(H3,10,11,12,13,14,15). The van der Waals surface area contributed by atoms with Crippen molar-refractivity contribution in [2.45, 2.75) is 0 Å². The van der Waals surface area contributed by atoms with Gasteiger partial charge in [-0.15, -0.1) is 0 Å². The van der Waals surface area contributed by atoms with Gasteiger partial charge in [-0.05, 0) is 24.4 Å².